The quantitative estimate of drug-likeness (QED) is 0.582. The lowest BCUT2D eigenvalue weighted by atomic mass is 9.49. The smallest absolute Gasteiger partial charge is 0.0544 e. The Bertz CT molecular complexity index is 734. The zero-order chi connectivity index (χ0) is 21.4. The molecule has 0 spiro atoms. The van der Waals surface area contributed by atoms with E-state index in [9.17, 15) is 10.2 Å². The molecule has 3 heteroatoms. The van der Waals surface area contributed by atoms with Crippen molar-refractivity contribution >= 4 is 0 Å². The van der Waals surface area contributed by atoms with Gasteiger partial charge in [-0.1, -0.05) is 56.3 Å². The molecule has 0 bridgehead atoms. The van der Waals surface area contributed by atoms with Crippen LogP contribution < -0.4 is 5.32 Å². The van der Waals surface area contributed by atoms with Crippen LogP contribution in [0.2, 0.25) is 0 Å². The molecule has 3 fully saturated rings. The van der Waals surface area contributed by atoms with E-state index in [-0.39, 0.29) is 29.5 Å². The molecule has 3 saturated carbocycles. The molecular formula is C27H41NO2. The number of hydrogen-bond acceptors (Lipinski definition) is 3. The number of rotatable bonds is 6. The van der Waals surface area contributed by atoms with Gasteiger partial charge in [0.15, 0.2) is 0 Å². The third-order valence-electron chi connectivity index (χ3n) is 9.52. The lowest BCUT2D eigenvalue weighted by Crippen LogP contribution is -2.53. The highest BCUT2D eigenvalue weighted by molar-refractivity contribution is 5.21. The lowest BCUT2D eigenvalue weighted by Gasteiger charge is -2.56. The monoisotopic (exact) mass is 411 g/mol. The molecule has 3 aliphatic carbocycles. The van der Waals surface area contributed by atoms with Crippen molar-refractivity contribution in [1.29, 1.82) is 0 Å². The third-order valence-corrected chi connectivity index (χ3v) is 9.52. The number of nitrogens with one attached hydrogen (secondary N) is 1. The summed E-state index contributed by atoms with van der Waals surface area (Å²) in [7, 11) is 0. The second-order valence-corrected chi connectivity index (χ2v) is 10.9. The largest absolute Gasteiger partial charge is 0.396 e. The van der Waals surface area contributed by atoms with E-state index in [1.165, 1.54) is 36.8 Å². The minimum Gasteiger partial charge on any atom is -0.396 e. The molecule has 0 saturated heterocycles. The summed E-state index contributed by atoms with van der Waals surface area (Å²) in [5.74, 6) is 2.07. The maximum atomic E-state index is 10.3. The van der Waals surface area contributed by atoms with Crippen LogP contribution in [-0.4, -0.2) is 29.5 Å². The summed E-state index contributed by atoms with van der Waals surface area (Å²) < 4.78 is 0. The van der Waals surface area contributed by atoms with Crippen molar-refractivity contribution in [3.05, 3.63) is 48.0 Å². The maximum absolute atomic E-state index is 10.3. The molecule has 3 nitrogen and oxygen atoms in total. The van der Waals surface area contributed by atoms with Gasteiger partial charge in [0.1, 0.15) is 0 Å². The maximum Gasteiger partial charge on any atom is 0.0544 e. The molecule has 4 rings (SSSR count). The topological polar surface area (TPSA) is 52.5 Å². The van der Waals surface area contributed by atoms with Crippen LogP contribution in [0.25, 0.3) is 0 Å². The predicted molar refractivity (Wildman–Crippen MR) is 123 cm³/mol. The average molecular weight is 412 g/mol. The Morgan fingerprint density at radius 2 is 1.83 bits per heavy atom. The Morgan fingerprint density at radius 3 is 2.57 bits per heavy atom. The molecule has 0 heterocycles. The first-order valence-electron chi connectivity index (χ1n) is 12.1. The van der Waals surface area contributed by atoms with Gasteiger partial charge in [0, 0.05) is 13.2 Å². The summed E-state index contributed by atoms with van der Waals surface area (Å²) in [4.78, 5) is 0. The molecule has 2 unspecified atom stereocenters. The summed E-state index contributed by atoms with van der Waals surface area (Å²) in [5, 5.41) is 24.3. The predicted octanol–water partition coefficient (Wildman–Crippen LogP) is 4.93. The summed E-state index contributed by atoms with van der Waals surface area (Å²) >= 11 is 0. The SMILES string of the molecule is C=C1CCC2[C@@H](CNCc3ccccc3)C([C@@]3(C)CC[C@H](O)C[C@@H]3CO)CC[C@@]12C. The van der Waals surface area contributed by atoms with Crippen LogP contribution in [0.4, 0.5) is 0 Å². The second-order valence-electron chi connectivity index (χ2n) is 10.9. The minimum absolute atomic E-state index is 0.109. The molecule has 0 radical (unpaired) electrons. The van der Waals surface area contributed by atoms with Crippen LogP contribution >= 0.6 is 0 Å². The molecule has 0 aliphatic heterocycles. The first-order valence-corrected chi connectivity index (χ1v) is 12.1. The first-order chi connectivity index (χ1) is 14.4. The highest BCUT2D eigenvalue weighted by Crippen LogP contribution is 2.63. The fraction of sp³-hybridized carbons (Fsp3) is 0.704. The number of aliphatic hydroxyl groups is 2. The number of hydrogen-bond donors (Lipinski definition) is 3. The van der Waals surface area contributed by atoms with E-state index < -0.39 is 0 Å². The van der Waals surface area contributed by atoms with E-state index in [1.54, 1.807) is 0 Å². The van der Waals surface area contributed by atoms with Gasteiger partial charge >= 0.3 is 0 Å². The Labute approximate surface area is 183 Å². The number of aliphatic hydroxyl groups excluding tert-OH is 2. The van der Waals surface area contributed by atoms with Crippen LogP contribution in [-0.2, 0) is 6.54 Å². The first kappa shape index (κ1) is 22.0. The van der Waals surface area contributed by atoms with E-state index in [0.717, 1.165) is 32.4 Å². The Morgan fingerprint density at radius 1 is 1.07 bits per heavy atom. The number of benzene rings is 1. The van der Waals surface area contributed by atoms with E-state index in [1.807, 2.05) is 0 Å². The zero-order valence-corrected chi connectivity index (χ0v) is 18.9. The van der Waals surface area contributed by atoms with Gasteiger partial charge in [-0.15, -0.1) is 0 Å². The van der Waals surface area contributed by atoms with E-state index >= 15 is 0 Å². The van der Waals surface area contributed by atoms with Crippen LogP contribution in [0.5, 0.6) is 0 Å². The molecule has 7 atom stereocenters. The molecule has 166 valence electrons. The van der Waals surface area contributed by atoms with Crippen molar-refractivity contribution in [2.75, 3.05) is 13.2 Å². The van der Waals surface area contributed by atoms with Crippen LogP contribution in [0, 0.1) is 34.5 Å². The zero-order valence-electron chi connectivity index (χ0n) is 18.9. The fourth-order valence-corrected chi connectivity index (χ4v) is 7.45. The van der Waals surface area contributed by atoms with Crippen molar-refractivity contribution in [2.24, 2.45) is 34.5 Å². The van der Waals surface area contributed by atoms with Gasteiger partial charge in [0.05, 0.1) is 6.10 Å². The number of fused-ring (bicyclic) bond motifs is 1. The van der Waals surface area contributed by atoms with Gasteiger partial charge in [0.25, 0.3) is 0 Å². The van der Waals surface area contributed by atoms with E-state index in [4.69, 9.17) is 0 Å². The summed E-state index contributed by atoms with van der Waals surface area (Å²) in [5.41, 5.74) is 3.18. The fourth-order valence-electron chi connectivity index (χ4n) is 7.45. The second kappa shape index (κ2) is 8.76. The van der Waals surface area contributed by atoms with Crippen molar-refractivity contribution < 1.29 is 10.2 Å². The van der Waals surface area contributed by atoms with Crippen molar-refractivity contribution in [3.63, 3.8) is 0 Å². The summed E-state index contributed by atoms with van der Waals surface area (Å²) in [6, 6.07) is 10.7. The highest BCUT2D eigenvalue weighted by Gasteiger charge is 2.56. The highest BCUT2D eigenvalue weighted by atomic mass is 16.3. The van der Waals surface area contributed by atoms with Gasteiger partial charge in [-0.2, -0.15) is 0 Å². The van der Waals surface area contributed by atoms with Crippen LogP contribution in [0.1, 0.15) is 64.4 Å². The lowest BCUT2D eigenvalue weighted by molar-refractivity contribution is -0.0933. The van der Waals surface area contributed by atoms with E-state index in [0.29, 0.717) is 17.8 Å². The summed E-state index contributed by atoms with van der Waals surface area (Å²) in [6.07, 6.45) is 7.28. The Hall–Kier alpha value is -1.16. The molecule has 3 N–H and O–H groups in total. The molecule has 0 aromatic heterocycles. The minimum atomic E-state index is -0.245. The molecule has 1 aromatic carbocycles. The molecule has 30 heavy (non-hydrogen) atoms. The molecule has 3 aliphatic rings. The van der Waals surface area contributed by atoms with Gasteiger partial charge in [-0.05, 0) is 91.6 Å². The standard InChI is InChI=1S/C27H41NO2/c1-19-9-10-24-23(17-28-16-20-7-5-4-6-8-20)25(12-14-26(19,24)2)27(3)13-11-22(30)15-21(27)18-29/h4-8,21-25,28-30H,1,9-18H2,2-3H3/t21-,22+,23-,24?,25?,26+,27+/m1/s1. The van der Waals surface area contributed by atoms with Crippen molar-refractivity contribution in [2.45, 2.75) is 71.4 Å². The van der Waals surface area contributed by atoms with Crippen LogP contribution in [0.15, 0.2) is 42.5 Å². The van der Waals surface area contributed by atoms with Gasteiger partial charge in [0.2, 0.25) is 0 Å². The molecule has 0 amide bonds. The Balaban J connectivity index is 1.57. The molecule has 1 aromatic rings. The molecular weight excluding hydrogens is 370 g/mol. The van der Waals surface area contributed by atoms with Gasteiger partial charge in [-0.3, -0.25) is 0 Å². The van der Waals surface area contributed by atoms with Crippen molar-refractivity contribution in [3.8, 4) is 0 Å². The van der Waals surface area contributed by atoms with E-state index in [2.05, 4.69) is 56.1 Å². The van der Waals surface area contributed by atoms with Crippen molar-refractivity contribution in [1.82, 2.24) is 5.32 Å². The van der Waals surface area contributed by atoms with Gasteiger partial charge < -0.3 is 15.5 Å². The van der Waals surface area contributed by atoms with Gasteiger partial charge in [-0.25, -0.2) is 0 Å². The third kappa shape index (κ3) is 3.89. The van der Waals surface area contributed by atoms with Crippen LogP contribution in [0.3, 0.4) is 0 Å². The Kier molecular flexibility index (Phi) is 6.44. The normalized spacial score (nSPS) is 41.6. The average Bonchev–Trinajstić information content (AvgIpc) is 3.05. The number of allylic oxidation sites excluding steroid dienone is 1. The summed E-state index contributed by atoms with van der Waals surface area (Å²) in [6.45, 7) is 11.5.